The lowest BCUT2D eigenvalue weighted by atomic mass is 9.85. The second-order valence-electron chi connectivity index (χ2n) is 6.81. The smallest absolute Gasteiger partial charge is 0.331 e. The number of hydrogen-bond acceptors (Lipinski definition) is 6. The molecule has 0 bridgehead atoms. The molecule has 0 spiro atoms. The van der Waals surface area contributed by atoms with Crippen molar-refractivity contribution in [1.82, 2.24) is 10.2 Å². The highest BCUT2D eigenvalue weighted by Crippen LogP contribution is 2.28. The first-order valence-electron chi connectivity index (χ1n) is 9.06. The Morgan fingerprint density at radius 3 is 2.89 bits per heavy atom. The lowest BCUT2D eigenvalue weighted by Crippen LogP contribution is -2.59. The number of azide groups is 1. The maximum absolute atomic E-state index is 11.7. The molecule has 1 amide bonds. The standard InChI is InChI=1S/C17H27N5O5/c1-11(23)19-16-14(20-21-18)8-12(17(24)25)9-15(16)22-5-3-4-13(10-22)27-7-6-26-2/h9,13-16H,3-8,10H2,1-2H3,(H,19,23)(H,24,25)/t13-,14-,15+,16+/m0/s1. The molecule has 0 saturated carbocycles. The summed E-state index contributed by atoms with van der Waals surface area (Å²) in [4.78, 5) is 28.2. The van der Waals surface area contributed by atoms with Crippen LogP contribution in [-0.4, -0.2) is 79.5 Å². The summed E-state index contributed by atoms with van der Waals surface area (Å²) in [5, 5.41) is 16.1. The lowest BCUT2D eigenvalue weighted by Gasteiger charge is -2.44. The van der Waals surface area contributed by atoms with Gasteiger partial charge in [-0.05, 0) is 31.3 Å². The molecule has 2 rings (SSSR count). The summed E-state index contributed by atoms with van der Waals surface area (Å²) < 4.78 is 10.8. The minimum atomic E-state index is -1.04. The summed E-state index contributed by atoms with van der Waals surface area (Å²) >= 11 is 0. The van der Waals surface area contributed by atoms with Crippen LogP contribution in [0, 0.1) is 0 Å². The van der Waals surface area contributed by atoms with Gasteiger partial charge in [-0.3, -0.25) is 9.69 Å². The Hall–Kier alpha value is -2.13. The number of ether oxygens (including phenoxy) is 2. The van der Waals surface area contributed by atoms with Crippen molar-refractivity contribution >= 4 is 11.9 Å². The second kappa shape index (κ2) is 10.3. The van der Waals surface area contributed by atoms with Gasteiger partial charge in [-0.25, -0.2) is 4.79 Å². The summed E-state index contributed by atoms with van der Waals surface area (Å²) in [6, 6.07) is -1.52. The van der Waals surface area contributed by atoms with Crippen molar-refractivity contribution in [3.05, 3.63) is 22.1 Å². The lowest BCUT2D eigenvalue weighted by molar-refractivity contribution is -0.133. The Bertz CT molecular complexity index is 619. The van der Waals surface area contributed by atoms with E-state index in [0.29, 0.717) is 19.8 Å². The van der Waals surface area contributed by atoms with Crippen molar-refractivity contribution in [1.29, 1.82) is 0 Å². The van der Waals surface area contributed by atoms with Crippen LogP contribution in [0.25, 0.3) is 10.4 Å². The monoisotopic (exact) mass is 381 g/mol. The number of nitrogens with one attached hydrogen (secondary N) is 1. The second-order valence-corrected chi connectivity index (χ2v) is 6.81. The molecule has 1 fully saturated rings. The Morgan fingerprint density at radius 1 is 1.48 bits per heavy atom. The molecule has 0 aromatic heterocycles. The van der Waals surface area contributed by atoms with Gasteiger partial charge in [0.15, 0.2) is 0 Å². The number of carboxylic acid groups (broad SMARTS) is 1. The Balaban J connectivity index is 2.23. The summed E-state index contributed by atoms with van der Waals surface area (Å²) in [7, 11) is 1.62. The predicted molar refractivity (Wildman–Crippen MR) is 97.1 cm³/mol. The van der Waals surface area contributed by atoms with Crippen molar-refractivity contribution in [2.75, 3.05) is 33.4 Å². The molecular weight excluding hydrogens is 354 g/mol. The molecule has 10 nitrogen and oxygen atoms in total. The number of aliphatic carboxylic acids is 1. The molecule has 150 valence electrons. The average Bonchev–Trinajstić information content (AvgIpc) is 2.63. The van der Waals surface area contributed by atoms with Gasteiger partial charge >= 0.3 is 5.97 Å². The maximum Gasteiger partial charge on any atom is 0.331 e. The van der Waals surface area contributed by atoms with E-state index in [1.807, 2.05) is 0 Å². The first kappa shape index (κ1) is 21.2. The van der Waals surface area contributed by atoms with E-state index in [2.05, 4.69) is 20.2 Å². The van der Waals surface area contributed by atoms with Crippen molar-refractivity contribution in [2.45, 2.75) is 50.4 Å². The number of nitrogens with zero attached hydrogens (tertiary/aromatic N) is 4. The van der Waals surface area contributed by atoms with E-state index in [1.54, 1.807) is 13.2 Å². The van der Waals surface area contributed by atoms with Gasteiger partial charge < -0.3 is 19.9 Å². The van der Waals surface area contributed by atoms with Crippen LogP contribution in [0.1, 0.15) is 26.2 Å². The van der Waals surface area contributed by atoms with Crippen LogP contribution < -0.4 is 5.32 Å². The van der Waals surface area contributed by atoms with Gasteiger partial charge in [-0.2, -0.15) is 0 Å². The fourth-order valence-electron chi connectivity index (χ4n) is 3.72. The molecule has 0 aromatic rings. The molecule has 2 N–H and O–H groups in total. The van der Waals surface area contributed by atoms with Gasteiger partial charge in [-0.1, -0.05) is 11.2 Å². The SMILES string of the molecule is COCCO[C@H]1CCCN([C@@H]2C=C(C(=O)O)C[C@H](N=[N+]=[N-])[C@H]2NC(C)=O)C1. The molecule has 0 aromatic carbocycles. The summed E-state index contributed by atoms with van der Waals surface area (Å²) in [5.41, 5.74) is 9.08. The minimum absolute atomic E-state index is 0.00778. The zero-order chi connectivity index (χ0) is 19.8. The van der Waals surface area contributed by atoms with Crippen LogP contribution in [0.5, 0.6) is 0 Å². The molecule has 2 aliphatic rings. The largest absolute Gasteiger partial charge is 0.478 e. The molecule has 10 heteroatoms. The first-order valence-corrected chi connectivity index (χ1v) is 9.06. The molecule has 1 saturated heterocycles. The van der Waals surface area contributed by atoms with Gasteiger partial charge in [-0.15, -0.1) is 0 Å². The van der Waals surface area contributed by atoms with Crippen LogP contribution >= 0.6 is 0 Å². The number of amides is 1. The van der Waals surface area contributed by atoms with E-state index in [9.17, 15) is 14.7 Å². The number of rotatable bonds is 8. The Kier molecular flexibility index (Phi) is 8.05. The quantitative estimate of drug-likeness (QED) is 0.279. The van der Waals surface area contributed by atoms with Gasteiger partial charge in [0, 0.05) is 37.1 Å². The molecule has 0 unspecified atom stereocenters. The molecule has 1 heterocycles. The van der Waals surface area contributed by atoms with Crippen LogP contribution in [0.4, 0.5) is 0 Å². The Labute approximate surface area is 158 Å². The van der Waals surface area contributed by atoms with Crippen molar-refractivity contribution in [3.63, 3.8) is 0 Å². The van der Waals surface area contributed by atoms with Crippen molar-refractivity contribution in [2.24, 2.45) is 5.11 Å². The molecule has 1 aliphatic carbocycles. The van der Waals surface area contributed by atoms with Gasteiger partial charge in [0.2, 0.25) is 5.91 Å². The minimum Gasteiger partial charge on any atom is -0.478 e. The predicted octanol–water partition coefficient (Wildman–Crippen LogP) is 1.08. The third-order valence-electron chi connectivity index (χ3n) is 4.90. The van der Waals surface area contributed by atoms with Crippen LogP contribution in [0.2, 0.25) is 0 Å². The van der Waals surface area contributed by atoms with Gasteiger partial charge in [0.25, 0.3) is 0 Å². The fraction of sp³-hybridized carbons (Fsp3) is 0.765. The maximum atomic E-state index is 11.7. The molecule has 0 radical (unpaired) electrons. The van der Waals surface area contributed by atoms with Crippen molar-refractivity contribution < 1.29 is 24.2 Å². The van der Waals surface area contributed by atoms with Gasteiger partial charge in [0.1, 0.15) is 0 Å². The zero-order valence-electron chi connectivity index (χ0n) is 15.7. The van der Waals surface area contributed by atoms with Crippen LogP contribution in [0.15, 0.2) is 16.8 Å². The number of hydrogen-bond donors (Lipinski definition) is 2. The number of piperidine rings is 1. The van der Waals surface area contributed by atoms with Crippen LogP contribution in [-0.2, 0) is 19.1 Å². The topological polar surface area (TPSA) is 137 Å². The number of carbonyl (C=O) groups excluding carboxylic acids is 1. The number of likely N-dealkylation sites (tertiary alicyclic amines) is 1. The van der Waals surface area contributed by atoms with Crippen molar-refractivity contribution in [3.8, 4) is 0 Å². The highest BCUT2D eigenvalue weighted by Gasteiger charge is 2.39. The van der Waals surface area contributed by atoms with E-state index in [4.69, 9.17) is 15.0 Å². The molecular formula is C17H27N5O5. The summed E-state index contributed by atoms with van der Waals surface area (Å²) in [5.74, 6) is -1.29. The molecule has 4 atom stereocenters. The van der Waals surface area contributed by atoms with E-state index in [1.165, 1.54) is 6.92 Å². The number of carbonyl (C=O) groups is 2. The van der Waals surface area contributed by atoms with E-state index >= 15 is 0 Å². The van der Waals surface area contributed by atoms with Gasteiger partial charge in [0.05, 0.1) is 31.4 Å². The average molecular weight is 381 g/mol. The third-order valence-corrected chi connectivity index (χ3v) is 4.90. The normalized spacial score (nSPS) is 28.7. The number of methoxy groups -OCH3 is 1. The summed E-state index contributed by atoms with van der Waals surface area (Å²) in [6.45, 7) is 3.75. The van der Waals surface area contributed by atoms with E-state index in [0.717, 1.165) is 19.4 Å². The summed E-state index contributed by atoms with van der Waals surface area (Å²) in [6.07, 6.45) is 3.57. The van der Waals surface area contributed by atoms with E-state index < -0.39 is 18.1 Å². The highest BCUT2D eigenvalue weighted by molar-refractivity contribution is 5.87. The molecule has 1 aliphatic heterocycles. The Morgan fingerprint density at radius 2 is 2.26 bits per heavy atom. The molecule has 27 heavy (non-hydrogen) atoms. The first-order chi connectivity index (χ1) is 13.0. The zero-order valence-corrected chi connectivity index (χ0v) is 15.7. The van der Waals surface area contributed by atoms with E-state index in [-0.39, 0.29) is 30.0 Å². The third kappa shape index (κ3) is 5.93. The number of carboxylic acids is 1. The fourth-order valence-corrected chi connectivity index (χ4v) is 3.72. The highest BCUT2D eigenvalue weighted by atomic mass is 16.5. The van der Waals surface area contributed by atoms with Crippen LogP contribution in [0.3, 0.4) is 0 Å².